The highest BCUT2D eigenvalue weighted by Gasteiger charge is 2.18. The molecule has 0 aliphatic carbocycles. The molecule has 0 N–H and O–H groups in total. The van der Waals surface area contributed by atoms with Gasteiger partial charge in [-0.2, -0.15) is 5.26 Å². The molecule has 0 saturated heterocycles. The number of benzene rings is 5. The fourth-order valence-corrected chi connectivity index (χ4v) is 6.39. The molecule has 8 aromatic rings. The van der Waals surface area contributed by atoms with Gasteiger partial charge in [0.2, 0.25) is 0 Å². The molecule has 4 heteroatoms. The van der Waals surface area contributed by atoms with Gasteiger partial charge in [0.15, 0.2) is 0 Å². The first-order valence-electron chi connectivity index (χ1n) is 14.5. The van der Waals surface area contributed by atoms with Crippen molar-refractivity contribution in [3.05, 3.63) is 133 Å². The Hall–Kier alpha value is -5.66. The maximum atomic E-state index is 9.64. The topological polar surface area (TPSA) is 54.8 Å². The van der Waals surface area contributed by atoms with Crippen molar-refractivity contribution in [3.63, 3.8) is 0 Å². The largest absolute Gasteiger partial charge is 0.456 e. The summed E-state index contributed by atoms with van der Waals surface area (Å²) in [4.78, 5) is 4.90. The number of nitriles is 1. The molecule has 0 atom stereocenters. The Morgan fingerprint density at radius 1 is 0.651 bits per heavy atom. The van der Waals surface area contributed by atoms with Crippen LogP contribution in [0.15, 0.2) is 126 Å². The second kappa shape index (κ2) is 9.72. The molecule has 43 heavy (non-hydrogen) atoms. The average molecular weight is 554 g/mol. The lowest BCUT2D eigenvalue weighted by Crippen LogP contribution is -1.99. The van der Waals surface area contributed by atoms with Gasteiger partial charge in [-0.1, -0.05) is 62.4 Å². The fraction of sp³-hybridized carbons (Fsp3) is 0.0769. The van der Waals surface area contributed by atoms with E-state index in [0.717, 1.165) is 71.8 Å². The van der Waals surface area contributed by atoms with Gasteiger partial charge >= 0.3 is 0 Å². The summed E-state index contributed by atoms with van der Waals surface area (Å²) in [6.45, 7) is 4.42. The van der Waals surface area contributed by atoms with E-state index >= 15 is 0 Å². The number of furan rings is 1. The molecule has 4 nitrogen and oxygen atoms in total. The summed E-state index contributed by atoms with van der Waals surface area (Å²) in [5, 5.41) is 14.0. The molecular formula is C39H27N3O. The van der Waals surface area contributed by atoms with Crippen LogP contribution in [0.25, 0.3) is 71.8 Å². The molecule has 0 aliphatic heterocycles. The first-order chi connectivity index (χ1) is 21.1. The minimum absolute atomic E-state index is 0.321. The van der Waals surface area contributed by atoms with E-state index in [-0.39, 0.29) is 0 Å². The van der Waals surface area contributed by atoms with Crippen LogP contribution in [0.2, 0.25) is 0 Å². The van der Waals surface area contributed by atoms with Crippen LogP contribution in [0.1, 0.15) is 30.9 Å². The molecule has 0 saturated carbocycles. The predicted octanol–water partition coefficient (Wildman–Crippen LogP) is 10.4. The second-order valence-electron chi connectivity index (χ2n) is 11.4. The van der Waals surface area contributed by atoms with Crippen LogP contribution in [0.5, 0.6) is 0 Å². The van der Waals surface area contributed by atoms with Gasteiger partial charge in [-0.05, 0) is 89.3 Å². The standard InChI is InChI=1S/C39H27N3O/c1-24(2)30-10-7-17-41-39(30)28-19-27(26-14-16-38-34(22-26)32-9-4-6-12-37(32)43-38)20-29(21-28)42-35-11-5-3-8-31(35)33-18-25(23-40)13-15-36(33)42/h3-22,24H,1-2H3. The van der Waals surface area contributed by atoms with Crippen molar-refractivity contribution in [2.24, 2.45) is 0 Å². The molecule has 0 amide bonds. The molecule has 0 spiro atoms. The van der Waals surface area contributed by atoms with E-state index < -0.39 is 0 Å². The van der Waals surface area contributed by atoms with Crippen LogP contribution in [-0.2, 0) is 0 Å². The van der Waals surface area contributed by atoms with Crippen LogP contribution in [-0.4, -0.2) is 9.55 Å². The summed E-state index contributed by atoms with van der Waals surface area (Å²) >= 11 is 0. The van der Waals surface area contributed by atoms with Crippen molar-refractivity contribution in [3.8, 4) is 34.1 Å². The Labute approximate surface area is 249 Å². The van der Waals surface area contributed by atoms with Crippen molar-refractivity contribution in [1.29, 1.82) is 5.26 Å². The van der Waals surface area contributed by atoms with Crippen LogP contribution < -0.4 is 0 Å². The summed E-state index contributed by atoms with van der Waals surface area (Å²) in [6, 6.07) is 42.2. The van der Waals surface area contributed by atoms with Gasteiger partial charge in [0.1, 0.15) is 11.2 Å². The minimum atomic E-state index is 0.321. The van der Waals surface area contributed by atoms with E-state index in [9.17, 15) is 5.26 Å². The zero-order chi connectivity index (χ0) is 29.1. The summed E-state index contributed by atoms with van der Waals surface area (Å²) in [7, 11) is 0. The third-order valence-electron chi connectivity index (χ3n) is 8.42. The highest BCUT2D eigenvalue weighted by Crippen LogP contribution is 2.39. The van der Waals surface area contributed by atoms with E-state index in [1.807, 2.05) is 36.5 Å². The van der Waals surface area contributed by atoms with Crippen molar-refractivity contribution in [2.75, 3.05) is 0 Å². The molecule has 0 bridgehead atoms. The van der Waals surface area contributed by atoms with Crippen LogP contribution in [0, 0.1) is 11.3 Å². The number of para-hydroxylation sites is 2. The molecule has 5 aromatic carbocycles. The van der Waals surface area contributed by atoms with Gasteiger partial charge in [-0.25, -0.2) is 0 Å². The molecule has 204 valence electrons. The lowest BCUT2D eigenvalue weighted by molar-refractivity contribution is 0.669. The fourth-order valence-electron chi connectivity index (χ4n) is 6.39. The molecule has 0 unspecified atom stereocenters. The van der Waals surface area contributed by atoms with Crippen LogP contribution in [0.4, 0.5) is 0 Å². The normalized spacial score (nSPS) is 11.7. The Morgan fingerprint density at radius 3 is 2.28 bits per heavy atom. The molecular weight excluding hydrogens is 526 g/mol. The molecule has 0 fully saturated rings. The number of hydrogen-bond donors (Lipinski definition) is 0. The van der Waals surface area contributed by atoms with Crippen molar-refractivity contribution < 1.29 is 4.42 Å². The van der Waals surface area contributed by atoms with E-state index in [4.69, 9.17) is 9.40 Å². The number of hydrogen-bond acceptors (Lipinski definition) is 3. The maximum Gasteiger partial charge on any atom is 0.135 e. The molecule has 3 heterocycles. The first kappa shape index (κ1) is 25.1. The van der Waals surface area contributed by atoms with Gasteiger partial charge in [0, 0.05) is 39.0 Å². The summed E-state index contributed by atoms with van der Waals surface area (Å²) in [6.07, 6.45) is 1.88. The van der Waals surface area contributed by atoms with E-state index in [1.165, 1.54) is 5.56 Å². The Bertz CT molecular complexity index is 2400. The number of fused-ring (bicyclic) bond motifs is 6. The smallest absolute Gasteiger partial charge is 0.135 e. The average Bonchev–Trinajstić information content (AvgIpc) is 3.59. The molecule has 0 radical (unpaired) electrons. The summed E-state index contributed by atoms with van der Waals surface area (Å²) in [5.74, 6) is 0.321. The number of aromatic nitrogens is 2. The third-order valence-corrected chi connectivity index (χ3v) is 8.42. The van der Waals surface area contributed by atoms with E-state index in [0.29, 0.717) is 11.5 Å². The van der Waals surface area contributed by atoms with E-state index in [2.05, 4.69) is 109 Å². The lowest BCUT2D eigenvalue weighted by atomic mass is 9.94. The zero-order valence-electron chi connectivity index (χ0n) is 23.9. The quantitative estimate of drug-likeness (QED) is 0.218. The monoisotopic (exact) mass is 553 g/mol. The highest BCUT2D eigenvalue weighted by atomic mass is 16.3. The zero-order valence-corrected chi connectivity index (χ0v) is 23.9. The summed E-state index contributed by atoms with van der Waals surface area (Å²) < 4.78 is 8.45. The van der Waals surface area contributed by atoms with Gasteiger partial charge in [0.05, 0.1) is 28.4 Å². The Kier molecular flexibility index (Phi) is 5.67. The summed E-state index contributed by atoms with van der Waals surface area (Å²) in [5.41, 5.74) is 11.1. The Morgan fingerprint density at radius 2 is 1.42 bits per heavy atom. The number of pyridine rings is 1. The van der Waals surface area contributed by atoms with Gasteiger partial charge in [-0.15, -0.1) is 0 Å². The van der Waals surface area contributed by atoms with Gasteiger partial charge in [-0.3, -0.25) is 4.98 Å². The second-order valence-corrected chi connectivity index (χ2v) is 11.4. The van der Waals surface area contributed by atoms with E-state index in [1.54, 1.807) is 0 Å². The number of nitrogens with zero attached hydrogens (tertiary/aromatic N) is 3. The van der Waals surface area contributed by atoms with Crippen molar-refractivity contribution >= 4 is 43.7 Å². The van der Waals surface area contributed by atoms with Crippen LogP contribution >= 0.6 is 0 Å². The van der Waals surface area contributed by atoms with Crippen molar-refractivity contribution in [2.45, 2.75) is 19.8 Å². The van der Waals surface area contributed by atoms with Gasteiger partial charge < -0.3 is 8.98 Å². The molecule has 3 aromatic heterocycles. The predicted molar refractivity (Wildman–Crippen MR) is 176 cm³/mol. The molecule has 0 aliphatic rings. The number of rotatable bonds is 4. The lowest BCUT2D eigenvalue weighted by Gasteiger charge is -2.16. The Balaban J connectivity index is 1.44. The first-order valence-corrected chi connectivity index (χ1v) is 14.5. The molecule has 8 rings (SSSR count). The third kappa shape index (κ3) is 4.01. The van der Waals surface area contributed by atoms with Gasteiger partial charge in [0.25, 0.3) is 0 Å². The highest BCUT2D eigenvalue weighted by molar-refractivity contribution is 6.10. The minimum Gasteiger partial charge on any atom is -0.456 e. The van der Waals surface area contributed by atoms with Crippen LogP contribution in [0.3, 0.4) is 0 Å². The van der Waals surface area contributed by atoms with Crippen molar-refractivity contribution in [1.82, 2.24) is 9.55 Å². The SMILES string of the molecule is CC(C)c1cccnc1-c1cc(-c2ccc3oc4ccccc4c3c2)cc(-n2c3ccccc3c3cc(C#N)ccc32)c1. The maximum absolute atomic E-state index is 9.64.